The van der Waals surface area contributed by atoms with Crippen LogP contribution in [0.3, 0.4) is 0 Å². The third-order valence-electron chi connectivity index (χ3n) is 4.78. The van der Waals surface area contributed by atoms with Crippen molar-refractivity contribution in [2.45, 2.75) is 52.6 Å². The lowest BCUT2D eigenvalue weighted by Crippen LogP contribution is -2.47. The van der Waals surface area contributed by atoms with Crippen LogP contribution < -0.4 is 5.73 Å². The van der Waals surface area contributed by atoms with Gasteiger partial charge in [0.05, 0.1) is 5.69 Å². The summed E-state index contributed by atoms with van der Waals surface area (Å²) in [5.74, 6) is 0.799. The Morgan fingerprint density at radius 3 is 2.63 bits per heavy atom. The quantitative estimate of drug-likeness (QED) is 0.910. The van der Waals surface area contributed by atoms with E-state index in [1.54, 1.807) is 0 Å². The maximum atomic E-state index is 5.99. The van der Waals surface area contributed by atoms with Crippen LogP contribution >= 0.6 is 0 Å². The molecular formula is C15H28N4. The van der Waals surface area contributed by atoms with Gasteiger partial charge < -0.3 is 5.73 Å². The van der Waals surface area contributed by atoms with Gasteiger partial charge in [0.1, 0.15) is 0 Å². The summed E-state index contributed by atoms with van der Waals surface area (Å²) in [6.07, 6.45) is 2.50. The average molecular weight is 264 g/mol. The zero-order valence-electron chi connectivity index (χ0n) is 13.0. The molecule has 0 spiro atoms. The highest BCUT2D eigenvalue weighted by Crippen LogP contribution is 2.32. The standard InChI is InChI=1S/C15H28N4/c1-10-6-7-19(14(8-10)9-16)13(4)15-11(2)17-18(5)12(15)3/h10,13-14H,6-9,16H2,1-5H3. The summed E-state index contributed by atoms with van der Waals surface area (Å²) in [6, 6.07) is 0.924. The number of nitrogens with two attached hydrogens (primary N) is 1. The molecule has 1 aromatic heterocycles. The Balaban J connectivity index is 2.25. The highest BCUT2D eigenvalue weighted by Gasteiger charge is 2.31. The number of piperidine rings is 1. The lowest BCUT2D eigenvalue weighted by atomic mass is 9.90. The molecule has 1 saturated heterocycles. The maximum Gasteiger partial charge on any atom is 0.0644 e. The van der Waals surface area contributed by atoms with E-state index in [2.05, 4.69) is 37.7 Å². The monoisotopic (exact) mass is 264 g/mol. The van der Waals surface area contributed by atoms with E-state index in [1.807, 2.05) is 11.7 Å². The molecule has 3 unspecified atom stereocenters. The summed E-state index contributed by atoms with van der Waals surface area (Å²) in [4.78, 5) is 2.58. The van der Waals surface area contributed by atoms with Crippen LogP contribution in [-0.4, -0.2) is 33.8 Å². The van der Waals surface area contributed by atoms with Gasteiger partial charge in [-0.25, -0.2) is 0 Å². The third kappa shape index (κ3) is 2.70. The minimum atomic E-state index is 0.412. The minimum absolute atomic E-state index is 0.412. The number of likely N-dealkylation sites (tertiary alicyclic amines) is 1. The molecule has 19 heavy (non-hydrogen) atoms. The molecule has 0 radical (unpaired) electrons. The molecule has 0 aliphatic carbocycles. The predicted molar refractivity (Wildman–Crippen MR) is 79.0 cm³/mol. The Bertz CT molecular complexity index is 438. The molecule has 4 nitrogen and oxygen atoms in total. The van der Waals surface area contributed by atoms with Crippen LogP contribution in [0, 0.1) is 19.8 Å². The van der Waals surface area contributed by atoms with Gasteiger partial charge in [0.25, 0.3) is 0 Å². The van der Waals surface area contributed by atoms with E-state index in [0.29, 0.717) is 12.1 Å². The molecule has 3 atom stereocenters. The van der Waals surface area contributed by atoms with E-state index in [-0.39, 0.29) is 0 Å². The van der Waals surface area contributed by atoms with Crippen LogP contribution in [0.2, 0.25) is 0 Å². The Labute approximate surface area is 117 Å². The van der Waals surface area contributed by atoms with E-state index >= 15 is 0 Å². The molecule has 0 aromatic carbocycles. The van der Waals surface area contributed by atoms with Gasteiger partial charge in [-0.3, -0.25) is 9.58 Å². The molecule has 1 aliphatic heterocycles. The van der Waals surface area contributed by atoms with Crippen molar-refractivity contribution < 1.29 is 0 Å². The lowest BCUT2D eigenvalue weighted by molar-refractivity contribution is 0.0828. The molecule has 0 saturated carbocycles. The van der Waals surface area contributed by atoms with E-state index in [4.69, 9.17) is 5.73 Å². The molecule has 2 N–H and O–H groups in total. The molecular weight excluding hydrogens is 236 g/mol. The van der Waals surface area contributed by atoms with Crippen molar-refractivity contribution in [3.8, 4) is 0 Å². The van der Waals surface area contributed by atoms with Crippen LogP contribution in [0.15, 0.2) is 0 Å². The van der Waals surface area contributed by atoms with Gasteiger partial charge in [-0.2, -0.15) is 5.10 Å². The average Bonchev–Trinajstić information content (AvgIpc) is 2.62. The maximum absolute atomic E-state index is 5.99. The second kappa shape index (κ2) is 5.63. The lowest BCUT2D eigenvalue weighted by Gasteiger charge is -2.42. The number of hydrogen-bond donors (Lipinski definition) is 1. The summed E-state index contributed by atoms with van der Waals surface area (Å²) in [7, 11) is 2.03. The Hall–Kier alpha value is -0.870. The van der Waals surface area contributed by atoms with Crippen LogP contribution in [0.4, 0.5) is 0 Å². The first kappa shape index (κ1) is 14.5. The van der Waals surface area contributed by atoms with Crippen molar-refractivity contribution in [1.82, 2.24) is 14.7 Å². The molecule has 1 aromatic rings. The Kier molecular flexibility index (Phi) is 4.31. The largest absolute Gasteiger partial charge is 0.329 e. The minimum Gasteiger partial charge on any atom is -0.329 e. The van der Waals surface area contributed by atoms with E-state index in [9.17, 15) is 0 Å². The van der Waals surface area contributed by atoms with Crippen LogP contribution in [0.1, 0.15) is 49.7 Å². The van der Waals surface area contributed by atoms with Gasteiger partial charge in [-0.1, -0.05) is 6.92 Å². The highest BCUT2D eigenvalue weighted by atomic mass is 15.3. The molecule has 108 valence electrons. The fourth-order valence-corrected chi connectivity index (χ4v) is 3.57. The van der Waals surface area contributed by atoms with Crippen molar-refractivity contribution in [3.63, 3.8) is 0 Å². The summed E-state index contributed by atoms with van der Waals surface area (Å²) in [5.41, 5.74) is 9.81. The smallest absolute Gasteiger partial charge is 0.0644 e. The van der Waals surface area contributed by atoms with Gasteiger partial charge in [-0.15, -0.1) is 0 Å². The van der Waals surface area contributed by atoms with Gasteiger partial charge in [0.15, 0.2) is 0 Å². The summed E-state index contributed by atoms with van der Waals surface area (Å²) in [6.45, 7) is 10.8. The molecule has 2 heterocycles. The SMILES string of the molecule is Cc1nn(C)c(C)c1C(C)N1CCC(C)CC1CN. The van der Waals surface area contributed by atoms with Gasteiger partial charge in [0.2, 0.25) is 0 Å². The zero-order valence-corrected chi connectivity index (χ0v) is 13.0. The molecule has 0 bridgehead atoms. The van der Waals surface area contributed by atoms with Crippen LogP contribution in [-0.2, 0) is 7.05 Å². The van der Waals surface area contributed by atoms with E-state index in [0.717, 1.165) is 24.7 Å². The number of aryl methyl sites for hydroxylation is 2. The summed E-state index contributed by atoms with van der Waals surface area (Å²) in [5, 5.41) is 4.55. The predicted octanol–water partition coefficient (Wildman–Crippen LogP) is 2.16. The van der Waals surface area contributed by atoms with Crippen molar-refractivity contribution in [1.29, 1.82) is 0 Å². The van der Waals surface area contributed by atoms with Gasteiger partial charge in [0, 0.05) is 36.9 Å². The van der Waals surface area contributed by atoms with Crippen molar-refractivity contribution in [2.75, 3.05) is 13.1 Å². The Morgan fingerprint density at radius 2 is 2.11 bits per heavy atom. The number of nitrogens with zero attached hydrogens (tertiary/aromatic N) is 3. The number of aromatic nitrogens is 2. The molecule has 0 amide bonds. The normalized spacial score (nSPS) is 26.6. The van der Waals surface area contributed by atoms with Gasteiger partial charge in [-0.05, 0) is 46.1 Å². The van der Waals surface area contributed by atoms with Crippen molar-refractivity contribution >= 4 is 0 Å². The summed E-state index contributed by atoms with van der Waals surface area (Å²) >= 11 is 0. The van der Waals surface area contributed by atoms with E-state index < -0.39 is 0 Å². The summed E-state index contributed by atoms with van der Waals surface area (Å²) < 4.78 is 1.99. The fraction of sp³-hybridized carbons (Fsp3) is 0.800. The van der Waals surface area contributed by atoms with E-state index in [1.165, 1.54) is 24.1 Å². The van der Waals surface area contributed by atoms with Crippen molar-refractivity contribution in [3.05, 3.63) is 17.0 Å². The second-order valence-electron chi connectivity index (χ2n) is 6.14. The zero-order chi connectivity index (χ0) is 14.2. The fourth-order valence-electron chi connectivity index (χ4n) is 3.57. The molecule has 4 heteroatoms. The van der Waals surface area contributed by atoms with Crippen LogP contribution in [0.25, 0.3) is 0 Å². The Morgan fingerprint density at radius 1 is 1.42 bits per heavy atom. The third-order valence-corrected chi connectivity index (χ3v) is 4.78. The first-order chi connectivity index (χ1) is 8.95. The number of rotatable bonds is 3. The van der Waals surface area contributed by atoms with Gasteiger partial charge >= 0.3 is 0 Å². The number of hydrogen-bond acceptors (Lipinski definition) is 3. The van der Waals surface area contributed by atoms with Crippen molar-refractivity contribution in [2.24, 2.45) is 18.7 Å². The first-order valence-electron chi connectivity index (χ1n) is 7.41. The first-order valence-corrected chi connectivity index (χ1v) is 7.41. The second-order valence-corrected chi connectivity index (χ2v) is 6.14. The molecule has 1 aliphatic rings. The van der Waals surface area contributed by atoms with Crippen LogP contribution in [0.5, 0.6) is 0 Å². The highest BCUT2D eigenvalue weighted by molar-refractivity contribution is 5.28. The molecule has 1 fully saturated rings. The topological polar surface area (TPSA) is 47.1 Å². The molecule has 2 rings (SSSR count).